The third-order valence-corrected chi connectivity index (χ3v) is 2.44. The summed E-state index contributed by atoms with van der Waals surface area (Å²) in [4.78, 5) is 3.81. The van der Waals surface area contributed by atoms with Gasteiger partial charge in [-0.2, -0.15) is 5.10 Å². The molecular formula is C9H6F2IN3. The van der Waals surface area contributed by atoms with E-state index in [1.807, 2.05) is 22.6 Å². The number of benzene rings is 1. The van der Waals surface area contributed by atoms with Crippen molar-refractivity contribution in [3.63, 3.8) is 0 Å². The second kappa shape index (κ2) is 3.84. The topological polar surface area (TPSA) is 30.7 Å². The summed E-state index contributed by atoms with van der Waals surface area (Å²) in [6, 6.07) is 2.49. The van der Waals surface area contributed by atoms with E-state index in [4.69, 9.17) is 0 Å². The molecule has 0 fully saturated rings. The maximum absolute atomic E-state index is 13.5. The van der Waals surface area contributed by atoms with Crippen molar-refractivity contribution >= 4 is 22.6 Å². The number of aryl methyl sites for hydroxylation is 1. The van der Waals surface area contributed by atoms with Crippen LogP contribution in [-0.2, 0) is 0 Å². The molecule has 0 saturated heterocycles. The zero-order valence-electron chi connectivity index (χ0n) is 7.71. The normalized spacial score (nSPS) is 10.7. The second-order valence-corrected chi connectivity index (χ2v) is 4.20. The molecule has 0 aliphatic carbocycles. The van der Waals surface area contributed by atoms with Crippen molar-refractivity contribution in [1.29, 1.82) is 0 Å². The summed E-state index contributed by atoms with van der Waals surface area (Å²) in [7, 11) is 0. The number of aromatic nitrogens is 3. The van der Waals surface area contributed by atoms with Gasteiger partial charge in [0.05, 0.1) is 0 Å². The van der Waals surface area contributed by atoms with Crippen LogP contribution in [0, 0.1) is 22.1 Å². The van der Waals surface area contributed by atoms with Crippen LogP contribution < -0.4 is 0 Å². The molecule has 1 aromatic heterocycles. The van der Waals surface area contributed by atoms with Crippen molar-refractivity contribution in [2.75, 3.05) is 0 Å². The van der Waals surface area contributed by atoms with Crippen LogP contribution in [0.5, 0.6) is 0 Å². The van der Waals surface area contributed by atoms with Crippen LogP contribution in [0.3, 0.4) is 0 Å². The molecule has 0 amide bonds. The monoisotopic (exact) mass is 321 g/mol. The van der Waals surface area contributed by atoms with Gasteiger partial charge in [-0.15, -0.1) is 0 Å². The van der Waals surface area contributed by atoms with Gasteiger partial charge in [0.15, 0.2) is 11.6 Å². The quantitative estimate of drug-likeness (QED) is 0.756. The Hall–Kier alpha value is -1.05. The van der Waals surface area contributed by atoms with Crippen molar-refractivity contribution in [3.8, 4) is 5.69 Å². The molecule has 0 aliphatic rings. The Bertz CT molecular complexity index is 487. The van der Waals surface area contributed by atoms with Gasteiger partial charge in [-0.3, -0.25) is 0 Å². The zero-order valence-corrected chi connectivity index (χ0v) is 9.87. The van der Waals surface area contributed by atoms with Gasteiger partial charge in [0.25, 0.3) is 0 Å². The lowest BCUT2D eigenvalue weighted by Crippen LogP contribution is -2.03. The third kappa shape index (κ3) is 1.99. The van der Waals surface area contributed by atoms with E-state index in [0.29, 0.717) is 9.39 Å². The average Bonchev–Trinajstić information content (AvgIpc) is 2.49. The number of rotatable bonds is 1. The van der Waals surface area contributed by atoms with Crippen molar-refractivity contribution in [2.45, 2.75) is 6.92 Å². The lowest BCUT2D eigenvalue weighted by atomic mass is 10.3. The van der Waals surface area contributed by atoms with Crippen molar-refractivity contribution in [3.05, 3.63) is 39.5 Å². The second-order valence-electron chi connectivity index (χ2n) is 2.95. The van der Waals surface area contributed by atoms with E-state index in [-0.39, 0.29) is 5.69 Å². The van der Waals surface area contributed by atoms with Gasteiger partial charge < -0.3 is 0 Å². The Morgan fingerprint density at radius 1 is 1.27 bits per heavy atom. The van der Waals surface area contributed by atoms with Crippen molar-refractivity contribution < 1.29 is 8.78 Å². The first-order valence-corrected chi connectivity index (χ1v) is 5.19. The predicted molar refractivity (Wildman–Crippen MR) is 58.7 cm³/mol. The maximum Gasteiger partial charge on any atom is 0.153 e. The van der Waals surface area contributed by atoms with Crippen LogP contribution in [0.1, 0.15) is 5.82 Å². The molecular weight excluding hydrogens is 315 g/mol. The van der Waals surface area contributed by atoms with E-state index >= 15 is 0 Å². The SMILES string of the molecule is Cc1ncn(-c2c(F)cc(I)cc2F)n1. The van der Waals surface area contributed by atoms with Crippen molar-refractivity contribution in [1.82, 2.24) is 14.8 Å². The third-order valence-electron chi connectivity index (χ3n) is 1.82. The van der Waals surface area contributed by atoms with Gasteiger partial charge in [0.1, 0.15) is 17.8 Å². The molecule has 0 radical (unpaired) electrons. The van der Waals surface area contributed by atoms with Gasteiger partial charge >= 0.3 is 0 Å². The van der Waals surface area contributed by atoms with Gasteiger partial charge in [-0.25, -0.2) is 18.4 Å². The molecule has 0 bridgehead atoms. The van der Waals surface area contributed by atoms with E-state index in [1.165, 1.54) is 18.5 Å². The molecule has 0 unspecified atom stereocenters. The number of hydrogen-bond acceptors (Lipinski definition) is 2. The minimum atomic E-state index is -0.649. The number of hydrogen-bond donors (Lipinski definition) is 0. The smallest absolute Gasteiger partial charge is 0.153 e. The van der Waals surface area contributed by atoms with Crippen LogP contribution in [0.2, 0.25) is 0 Å². The minimum Gasteiger partial charge on any atom is -0.220 e. The summed E-state index contributed by atoms with van der Waals surface area (Å²) in [6.07, 6.45) is 1.28. The first kappa shape index (κ1) is 10.5. The highest BCUT2D eigenvalue weighted by molar-refractivity contribution is 14.1. The summed E-state index contributed by atoms with van der Waals surface area (Å²) >= 11 is 1.85. The summed E-state index contributed by atoms with van der Waals surface area (Å²) in [6.45, 7) is 1.65. The lowest BCUT2D eigenvalue weighted by Gasteiger charge is -2.04. The average molecular weight is 321 g/mol. The fourth-order valence-electron chi connectivity index (χ4n) is 1.21. The van der Waals surface area contributed by atoms with E-state index in [9.17, 15) is 8.78 Å². The summed E-state index contributed by atoms with van der Waals surface area (Å²) in [5, 5.41) is 3.86. The zero-order chi connectivity index (χ0) is 11.0. The summed E-state index contributed by atoms with van der Waals surface area (Å²) in [5.41, 5.74) is -0.198. The largest absolute Gasteiger partial charge is 0.220 e. The van der Waals surface area contributed by atoms with Gasteiger partial charge in [-0.05, 0) is 41.6 Å². The first-order valence-electron chi connectivity index (χ1n) is 4.11. The van der Waals surface area contributed by atoms with Crippen LogP contribution in [-0.4, -0.2) is 14.8 Å². The molecule has 1 aromatic carbocycles. The summed E-state index contributed by atoms with van der Waals surface area (Å²) < 4.78 is 28.5. The standard InChI is InChI=1S/C9H6F2IN3/c1-5-13-4-15(14-5)9-7(10)2-6(12)3-8(9)11/h2-4H,1H3. The molecule has 15 heavy (non-hydrogen) atoms. The highest BCUT2D eigenvalue weighted by Crippen LogP contribution is 2.19. The van der Waals surface area contributed by atoms with Gasteiger partial charge in [0.2, 0.25) is 0 Å². The Labute approximate surface area is 98.3 Å². The first-order chi connectivity index (χ1) is 7.08. The molecule has 0 N–H and O–H groups in total. The van der Waals surface area contributed by atoms with E-state index in [2.05, 4.69) is 10.1 Å². The molecule has 6 heteroatoms. The molecule has 0 spiro atoms. The number of nitrogens with zero attached hydrogens (tertiary/aromatic N) is 3. The molecule has 0 saturated carbocycles. The highest BCUT2D eigenvalue weighted by Gasteiger charge is 2.13. The molecule has 2 aromatic rings. The highest BCUT2D eigenvalue weighted by atomic mass is 127. The fraction of sp³-hybridized carbons (Fsp3) is 0.111. The molecule has 0 aliphatic heterocycles. The van der Waals surface area contributed by atoms with Gasteiger partial charge in [-0.1, -0.05) is 0 Å². The van der Waals surface area contributed by atoms with Crippen LogP contribution >= 0.6 is 22.6 Å². The Kier molecular flexibility index (Phi) is 2.68. The number of halogens is 3. The molecule has 78 valence electrons. The van der Waals surface area contributed by atoms with Crippen LogP contribution in [0.25, 0.3) is 5.69 Å². The molecule has 3 nitrogen and oxygen atoms in total. The lowest BCUT2D eigenvalue weighted by molar-refractivity contribution is 0.558. The van der Waals surface area contributed by atoms with Crippen molar-refractivity contribution in [2.24, 2.45) is 0 Å². The minimum absolute atomic E-state index is 0.198. The van der Waals surface area contributed by atoms with E-state index in [1.54, 1.807) is 6.92 Å². The Balaban J connectivity index is 2.62. The van der Waals surface area contributed by atoms with E-state index in [0.717, 1.165) is 4.68 Å². The predicted octanol–water partition coefficient (Wildman–Crippen LogP) is 2.46. The molecule has 0 atom stereocenters. The van der Waals surface area contributed by atoms with Crippen LogP contribution in [0.4, 0.5) is 8.78 Å². The van der Waals surface area contributed by atoms with Crippen LogP contribution in [0.15, 0.2) is 18.5 Å². The Morgan fingerprint density at radius 3 is 2.33 bits per heavy atom. The fourth-order valence-corrected chi connectivity index (χ4v) is 1.75. The molecule has 2 rings (SSSR count). The van der Waals surface area contributed by atoms with Gasteiger partial charge in [0, 0.05) is 3.57 Å². The molecule has 1 heterocycles. The Morgan fingerprint density at radius 2 is 1.87 bits per heavy atom. The summed E-state index contributed by atoms with van der Waals surface area (Å²) in [5.74, 6) is -0.832. The maximum atomic E-state index is 13.5. The van der Waals surface area contributed by atoms with E-state index < -0.39 is 11.6 Å².